The molecule has 0 bridgehead atoms. The van der Waals surface area contributed by atoms with Crippen LogP contribution in [0.2, 0.25) is 0 Å². The molecule has 0 saturated heterocycles. The maximum atomic E-state index is 8.94. The largest absolute Gasteiger partial charge is 0.488 e. The Morgan fingerprint density at radius 1 is 0.220 bits per heavy atom. The first-order chi connectivity index (χ1) is 39.9. The standard InChI is InChI=1S/C44H30.C20H12Br2.C12H11BO2.CH4/c1-3-11-31(12-4-1)33-19-23-37(24-20-33)41-29-27-35-15-7-9-17-39(35)43(41)44-40-18-10-8-16-36(40)28-30-42(44)38-25-21-34(22-26-38)32-13-5-2-6-14-32;21-17-11-9-13-5-1-3-7-15(13)19(17)20-16-8-4-2-6-14(16)10-12-18(20)22;14-13(15)12-8-6-11(7-9-12)10-4-2-1-3-5-10;/h1-30H;1-12H;1-9,14-15H;1H4. The van der Waals surface area contributed by atoms with Crippen LogP contribution in [0, 0.1) is 0 Å². The second-order valence-electron chi connectivity index (χ2n) is 20.0. The van der Waals surface area contributed by atoms with E-state index in [9.17, 15) is 0 Å². The van der Waals surface area contributed by atoms with Crippen molar-refractivity contribution >= 4 is 87.5 Å². The number of fused-ring (bicyclic) bond motifs is 4. The highest BCUT2D eigenvalue weighted by molar-refractivity contribution is 9.11. The van der Waals surface area contributed by atoms with E-state index >= 15 is 0 Å². The Morgan fingerprint density at radius 3 is 0.780 bits per heavy atom. The lowest BCUT2D eigenvalue weighted by Gasteiger charge is -2.20. The molecule has 394 valence electrons. The lowest BCUT2D eigenvalue weighted by molar-refractivity contribution is 0.426. The van der Waals surface area contributed by atoms with Crippen LogP contribution in [0.1, 0.15) is 7.43 Å². The van der Waals surface area contributed by atoms with Crippen LogP contribution in [0.3, 0.4) is 0 Å². The van der Waals surface area contributed by atoms with Crippen LogP contribution >= 0.6 is 31.9 Å². The number of hydrogen-bond donors (Lipinski definition) is 2. The zero-order valence-electron chi connectivity index (χ0n) is 44.2. The van der Waals surface area contributed by atoms with Crippen molar-refractivity contribution in [3.05, 3.63) is 318 Å². The maximum Gasteiger partial charge on any atom is 0.488 e. The van der Waals surface area contributed by atoms with E-state index in [0.29, 0.717) is 5.46 Å². The smallest absolute Gasteiger partial charge is 0.423 e. The van der Waals surface area contributed by atoms with Crippen molar-refractivity contribution in [3.8, 4) is 77.9 Å². The predicted molar refractivity (Wildman–Crippen MR) is 359 cm³/mol. The second-order valence-corrected chi connectivity index (χ2v) is 21.7. The van der Waals surface area contributed by atoms with Crippen molar-refractivity contribution in [2.75, 3.05) is 0 Å². The summed E-state index contributed by atoms with van der Waals surface area (Å²) in [6.45, 7) is 0. The zero-order chi connectivity index (χ0) is 55.1. The van der Waals surface area contributed by atoms with Gasteiger partial charge in [0.25, 0.3) is 0 Å². The topological polar surface area (TPSA) is 40.5 Å². The average Bonchev–Trinajstić information content (AvgIpc) is 3.73. The molecular formula is C77H57BBr2O2. The van der Waals surface area contributed by atoms with Gasteiger partial charge >= 0.3 is 7.12 Å². The molecule has 14 aromatic carbocycles. The van der Waals surface area contributed by atoms with Gasteiger partial charge in [-0.25, -0.2) is 0 Å². The van der Waals surface area contributed by atoms with E-state index in [0.717, 1.165) is 20.1 Å². The Bertz CT molecular complexity index is 4220. The van der Waals surface area contributed by atoms with Crippen molar-refractivity contribution in [1.82, 2.24) is 0 Å². The van der Waals surface area contributed by atoms with Gasteiger partial charge in [-0.15, -0.1) is 0 Å². The van der Waals surface area contributed by atoms with Crippen molar-refractivity contribution < 1.29 is 10.0 Å². The minimum absolute atomic E-state index is 0. The summed E-state index contributed by atoms with van der Waals surface area (Å²) in [5.74, 6) is 0. The highest BCUT2D eigenvalue weighted by Crippen LogP contribution is 2.47. The summed E-state index contributed by atoms with van der Waals surface area (Å²) in [5, 5.41) is 27.9. The van der Waals surface area contributed by atoms with E-state index in [1.165, 1.54) is 110 Å². The molecule has 14 aromatic rings. The van der Waals surface area contributed by atoms with Gasteiger partial charge in [-0.05, 0) is 127 Å². The van der Waals surface area contributed by atoms with E-state index in [4.69, 9.17) is 10.0 Å². The molecule has 0 amide bonds. The fourth-order valence-electron chi connectivity index (χ4n) is 11.0. The number of benzene rings is 14. The molecule has 14 rings (SSSR count). The normalized spacial score (nSPS) is 10.8. The molecule has 2 N–H and O–H groups in total. The zero-order valence-corrected chi connectivity index (χ0v) is 47.3. The van der Waals surface area contributed by atoms with Gasteiger partial charge in [0.05, 0.1) is 0 Å². The van der Waals surface area contributed by atoms with Crippen molar-refractivity contribution in [1.29, 1.82) is 0 Å². The Labute approximate surface area is 497 Å². The first-order valence-electron chi connectivity index (χ1n) is 27.1. The van der Waals surface area contributed by atoms with E-state index in [-0.39, 0.29) is 7.43 Å². The van der Waals surface area contributed by atoms with Gasteiger partial charge in [-0.3, -0.25) is 0 Å². The molecule has 0 heterocycles. The van der Waals surface area contributed by atoms with Crippen LogP contribution < -0.4 is 5.46 Å². The summed E-state index contributed by atoms with van der Waals surface area (Å²) in [6.07, 6.45) is 0. The molecule has 0 atom stereocenters. The second kappa shape index (κ2) is 25.2. The molecule has 0 saturated carbocycles. The van der Waals surface area contributed by atoms with Crippen LogP contribution in [-0.4, -0.2) is 17.2 Å². The number of halogens is 2. The minimum Gasteiger partial charge on any atom is -0.423 e. The molecule has 0 fully saturated rings. The van der Waals surface area contributed by atoms with Crippen molar-refractivity contribution in [2.45, 2.75) is 7.43 Å². The average molecular weight is 1180 g/mol. The molecule has 2 nitrogen and oxygen atoms in total. The first-order valence-corrected chi connectivity index (χ1v) is 28.7. The van der Waals surface area contributed by atoms with Gasteiger partial charge in [-0.1, -0.05) is 337 Å². The molecular weight excluding hydrogens is 1130 g/mol. The van der Waals surface area contributed by atoms with Crippen LogP contribution in [0.5, 0.6) is 0 Å². The van der Waals surface area contributed by atoms with Gasteiger partial charge in [0.15, 0.2) is 0 Å². The molecule has 0 radical (unpaired) electrons. The summed E-state index contributed by atoms with van der Waals surface area (Å²) in [7, 11) is -1.39. The third-order valence-corrected chi connectivity index (χ3v) is 16.4. The Morgan fingerprint density at radius 2 is 0.463 bits per heavy atom. The summed E-state index contributed by atoms with van der Waals surface area (Å²) >= 11 is 7.51. The van der Waals surface area contributed by atoms with Crippen molar-refractivity contribution in [3.63, 3.8) is 0 Å². The summed E-state index contributed by atoms with van der Waals surface area (Å²) < 4.78 is 2.23. The van der Waals surface area contributed by atoms with Gasteiger partial charge in [-0.2, -0.15) is 0 Å². The third kappa shape index (κ3) is 11.6. The summed E-state index contributed by atoms with van der Waals surface area (Å²) in [4.78, 5) is 0. The maximum absolute atomic E-state index is 8.94. The van der Waals surface area contributed by atoms with Gasteiger partial charge in [0.2, 0.25) is 0 Å². The summed E-state index contributed by atoms with van der Waals surface area (Å²) in [6, 6.07) is 109. The van der Waals surface area contributed by atoms with Gasteiger partial charge in [0, 0.05) is 20.1 Å². The number of rotatable bonds is 8. The monoisotopic (exact) mass is 1180 g/mol. The minimum atomic E-state index is -1.39. The fraction of sp³-hybridized carbons (Fsp3) is 0.0130. The Balaban J connectivity index is 0.000000153. The SMILES string of the molecule is Brc1ccc2ccccc2c1-c1c(Br)ccc2ccccc12.C.OB(O)c1ccc(-c2ccccc2)cc1.c1ccc(-c2ccc(-c3ccc4ccccc4c3-c3c(-c4ccc(-c5ccccc5)cc4)ccc4ccccc34)cc2)cc1. The molecule has 5 heteroatoms. The Hall–Kier alpha value is -8.94. The van der Waals surface area contributed by atoms with Gasteiger partial charge in [0.1, 0.15) is 0 Å². The highest BCUT2D eigenvalue weighted by atomic mass is 79.9. The van der Waals surface area contributed by atoms with Crippen LogP contribution in [-0.2, 0) is 0 Å². The molecule has 0 aliphatic heterocycles. The van der Waals surface area contributed by atoms with Crippen LogP contribution in [0.15, 0.2) is 318 Å². The van der Waals surface area contributed by atoms with Crippen LogP contribution in [0.4, 0.5) is 0 Å². The fourth-order valence-corrected chi connectivity index (χ4v) is 12.1. The predicted octanol–water partition coefficient (Wildman–Crippen LogP) is 21.2. The Kier molecular flexibility index (Phi) is 16.9. The first kappa shape index (κ1) is 55.0. The van der Waals surface area contributed by atoms with Crippen molar-refractivity contribution in [2.24, 2.45) is 0 Å². The van der Waals surface area contributed by atoms with Gasteiger partial charge < -0.3 is 10.0 Å². The lowest BCUT2D eigenvalue weighted by Crippen LogP contribution is -2.29. The van der Waals surface area contributed by atoms with E-state index in [1.54, 1.807) is 12.1 Å². The molecule has 0 aromatic heterocycles. The molecule has 0 spiro atoms. The molecule has 0 aliphatic carbocycles. The number of hydrogen-bond acceptors (Lipinski definition) is 2. The highest BCUT2D eigenvalue weighted by Gasteiger charge is 2.20. The van der Waals surface area contributed by atoms with E-state index < -0.39 is 7.12 Å². The molecule has 0 unspecified atom stereocenters. The molecule has 82 heavy (non-hydrogen) atoms. The quantitative estimate of drug-likeness (QED) is 0.149. The van der Waals surface area contributed by atoms with E-state index in [2.05, 4.69) is 287 Å². The van der Waals surface area contributed by atoms with E-state index in [1.807, 2.05) is 42.5 Å². The lowest BCUT2D eigenvalue weighted by atomic mass is 9.80. The molecule has 0 aliphatic rings. The third-order valence-electron chi connectivity index (χ3n) is 15.0. The van der Waals surface area contributed by atoms with Crippen LogP contribution in [0.25, 0.3) is 121 Å². The summed E-state index contributed by atoms with van der Waals surface area (Å²) in [5.41, 5.74) is 17.5.